The highest BCUT2D eigenvalue weighted by atomic mass is 16.1. The number of amides is 1. The van der Waals surface area contributed by atoms with Crippen LogP contribution in [0, 0.1) is 5.92 Å². The molecule has 1 atom stereocenters. The standard InChI is InChI=1S/C13H19NO/c1-9(2)12-6-4-11(5-7-12)8-10(3)13(14)15/h4-7,9-10H,8H2,1-3H3,(H2,14,15). The first-order valence-corrected chi connectivity index (χ1v) is 5.39. The van der Waals surface area contributed by atoms with Gasteiger partial charge < -0.3 is 5.73 Å². The molecule has 15 heavy (non-hydrogen) atoms. The highest BCUT2D eigenvalue weighted by Crippen LogP contribution is 2.16. The Morgan fingerprint density at radius 2 is 1.73 bits per heavy atom. The van der Waals surface area contributed by atoms with Crippen LogP contribution in [0.3, 0.4) is 0 Å². The molecule has 0 aliphatic carbocycles. The molecule has 0 saturated heterocycles. The fourth-order valence-electron chi connectivity index (χ4n) is 1.49. The van der Waals surface area contributed by atoms with Crippen LogP contribution in [-0.2, 0) is 11.2 Å². The Labute approximate surface area is 91.5 Å². The molecule has 2 N–H and O–H groups in total. The van der Waals surface area contributed by atoms with Crippen molar-refractivity contribution in [3.8, 4) is 0 Å². The van der Waals surface area contributed by atoms with Gasteiger partial charge >= 0.3 is 0 Å². The summed E-state index contributed by atoms with van der Waals surface area (Å²) in [6, 6.07) is 8.39. The molecule has 2 heteroatoms. The Morgan fingerprint density at radius 1 is 1.20 bits per heavy atom. The number of hydrogen-bond donors (Lipinski definition) is 1. The molecule has 0 fully saturated rings. The quantitative estimate of drug-likeness (QED) is 0.806. The monoisotopic (exact) mass is 205 g/mol. The zero-order valence-electron chi connectivity index (χ0n) is 9.66. The molecule has 1 amide bonds. The SMILES string of the molecule is CC(Cc1ccc(C(C)C)cc1)C(N)=O. The molecule has 1 aromatic carbocycles. The molecule has 2 nitrogen and oxygen atoms in total. The maximum atomic E-state index is 10.9. The maximum absolute atomic E-state index is 10.9. The molecule has 1 unspecified atom stereocenters. The lowest BCUT2D eigenvalue weighted by Crippen LogP contribution is -2.22. The van der Waals surface area contributed by atoms with Crippen LogP contribution >= 0.6 is 0 Å². The summed E-state index contributed by atoms with van der Waals surface area (Å²) in [6.45, 7) is 6.20. The van der Waals surface area contributed by atoms with E-state index >= 15 is 0 Å². The third-order valence-electron chi connectivity index (χ3n) is 2.67. The predicted molar refractivity (Wildman–Crippen MR) is 62.6 cm³/mol. The number of hydrogen-bond acceptors (Lipinski definition) is 1. The average molecular weight is 205 g/mol. The van der Waals surface area contributed by atoms with E-state index in [0.717, 1.165) is 6.42 Å². The second kappa shape index (κ2) is 4.96. The van der Waals surface area contributed by atoms with Gasteiger partial charge in [0.2, 0.25) is 5.91 Å². The van der Waals surface area contributed by atoms with E-state index in [-0.39, 0.29) is 11.8 Å². The maximum Gasteiger partial charge on any atom is 0.220 e. The van der Waals surface area contributed by atoms with Crippen LogP contribution in [0.15, 0.2) is 24.3 Å². The minimum Gasteiger partial charge on any atom is -0.369 e. The van der Waals surface area contributed by atoms with Gasteiger partial charge in [-0.15, -0.1) is 0 Å². The number of rotatable bonds is 4. The first-order chi connectivity index (χ1) is 7.00. The Balaban J connectivity index is 2.68. The van der Waals surface area contributed by atoms with Crippen LogP contribution < -0.4 is 5.73 Å². The van der Waals surface area contributed by atoms with Crippen LogP contribution in [-0.4, -0.2) is 5.91 Å². The summed E-state index contributed by atoms with van der Waals surface area (Å²) < 4.78 is 0. The van der Waals surface area contributed by atoms with Crippen molar-refractivity contribution in [1.29, 1.82) is 0 Å². The highest BCUT2D eigenvalue weighted by molar-refractivity contribution is 5.76. The van der Waals surface area contributed by atoms with Crippen molar-refractivity contribution in [1.82, 2.24) is 0 Å². The first-order valence-electron chi connectivity index (χ1n) is 5.39. The van der Waals surface area contributed by atoms with E-state index in [2.05, 4.69) is 38.1 Å². The summed E-state index contributed by atoms with van der Waals surface area (Å²) in [5.41, 5.74) is 7.72. The lowest BCUT2D eigenvalue weighted by molar-refractivity contribution is -0.121. The second-order valence-electron chi connectivity index (χ2n) is 4.40. The van der Waals surface area contributed by atoms with Gasteiger partial charge in [-0.1, -0.05) is 45.0 Å². The molecule has 0 aliphatic rings. The highest BCUT2D eigenvalue weighted by Gasteiger charge is 2.09. The molecule has 0 heterocycles. The van der Waals surface area contributed by atoms with E-state index < -0.39 is 0 Å². The van der Waals surface area contributed by atoms with Crippen LogP contribution in [0.4, 0.5) is 0 Å². The predicted octanol–water partition coefficient (Wildman–Crippen LogP) is 2.47. The molecule has 0 radical (unpaired) electrons. The smallest absolute Gasteiger partial charge is 0.220 e. The number of nitrogens with two attached hydrogens (primary N) is 1. The largest absolute Gasteiger partial charge is 0.369 e. The van der Waals surface area contributed by atoms with Gasteiger partial charge in [0, 0.05) is 5.92 Å². The van der Waals surface area contributed by atoms with Crippen molar-refractivity contribution in [3.63, 3.8) is 0 Å². The third kappa shape index (κ3) is 3.39. The van der Waals surface area contributed by atoms with E-state index in [0.29, 0.717) is 5.92 Å². The van der Waals surface area contributed by atoms with Gasteiger partial charge in [0.25, 0.3) is 0 Å². The molecule has 0 aromatic heterocycles. The van der Waals surface area contributed by atoms with Gasteiger partial charge in [0.1, 0.15) is 0 Å². The number of primary amides is 1. The molecular weight excluding hydrogens is 186 g/mol. The van der Waals surface area contributed by atoms with E-state index in [1.807, 2.05) is 6.92 Å². The van der Waals surface area contributed by atoms with Gasteiger partial charge in [0.05, 0.1) is 0 Å². The zero-order valence-corrected chi connectivity index (χ0v) is 9.66. The molecule has 82 valence electrons. The summed E-state index contributed by atoms with van der Waals surface area (Å²) in [7, 11) is 0. The number of benzene rings is 1. The van der Waals surface area contributed by atoms with Crippen molar-refractivity contribution < 1.29 is 4.79 Å². The minimum absolute atomic E-state index is 0.0881. The topological polar surface area (TPSA) is 43.1 Å². The first kappa shape index (κ1) is 11.8. The molecule has 0 saturated carbocycles. The molecule has 1 rings (SSSR count). The number of carbonyl (C=O) groups excluding carboxylic acids is 1. The van der Waals surface area contributed by atoms with Crippen LogP contribution in [0.1, 0.15) is 37.8 Å². The molecular formula is C13H19NO. The Bertz CT molecular complexity index is 327. The summed E-state index contributed by atoms with van der Waals surface area (Å²) in [6.07, 6.45) is 0.730. The summed E-state index contributed by atoms with van der Waals surface area (Å²) in [4.78, 5) is 10.9. The van der Waals surface area contributed by atoms with Crippen molar-refractivity contribution in [2.75, 3.05) is 0 Å². The Hall–Kier alpha value is -1.31. The lowest BCUT2D eigenvalue weighted by Gasteiger charge is -2.09. The van der Waals surface area contributed by atoms with Crippen LogP contribution in [0.5, 0.6) is 0 Å². The fraction of sp³-hybridized carbons (Fsp3) is 0.462. The van der Waals surface area contributed by atoms with Crippen LogP contribution in [0.25, 0.3) is 0 Å². The number of carbonyl (C=O) groups is 1. The van der Waals surface area contributed by atoms with Crippen LogP contribution in [0.2, 0.25) is 0 Å². The Kier molecular flexibility index (Phi) is 3.89. The van der Waals surface area contributed by atoms with Gasteiger partial charge in [-0.05, 0) is 23.5 Å². The van der Waals surface area contributed by atoms with Gasteiger partial charge in [-0.25, -0.2) is 0 Å². The normalized spacial score (nSPS) is 12.8. The van der Waals surface area contributed by atoms with Crippen molar-refractivity contribution in [2.24, 2.45) is 11.7 Å². The summed E-state index contributed by atoms with van der Waals surface area (Å²) in [5, 5.41) is 0. The summed E-state index contributed by atoms with van der Waals surface area (Å²) in [5.74, 6) is 0.227. The molecule has 1 aromatic rings. The van der Waals surface area contributed by atoms with Gasteiger partial charge in [-0.2, -0.15) is 0 Å². The summed E-state index contributed by atoms with van der Waals surface area (Å²) >= 11 is 0. The lowest BCUT2D eigenvalue weighted by atomic mass is 9.97. The van der Waals surface area contributed by atoms with Gasteiger partial charge in [0.15, 0.2) is 0 Å². The molecule has 0 aliphatic heterocycles. The van der Waals surface area contributed by atoms with E-state index in [1.165, 1.54) is 11.1 Å². The second-order valence-corrected chi connectivity index (χ2v) is 4.40. The molecule has 0 bridgehead atoms. The zero-order chi connectivity index (χ0) is 11.4. The van der Waals surface area contributed by atoms with E-state index in [4.69, 9.17) is 5.73 Å². The Morgan fingerprint density at radius 3 is 2.13 bits per heavy atom. The van der Waals surface area contributed by atoms with E-state index in [9.17, 15) is 4.79 Å². The fourth-order valence-corrected chi connectivity index (χ4v) is 1.49. The van der Waals surface area contributed by atoms with Gasteiger partial charge in [-0.3, -0.25) is 4.79 Å². The van der Waals surface area contributed by atoms with E-state index in [1.54, 1.807) is 0 Å². The van der Waals surface area contributed by atoms with Crippen molar-refractivity contribution >= 4 is 5.91 Å². The minimum atomic E-state index is -0.233. The third-order valence-corrected chi connectivity index (χ3v) is 2.67. The molecule has 0 spiro atoms. The average Bonchev–Trinajstić information content (AvgIpc) is 2.18. The van der Waals surface area contributed by atoms with Crippen molar-refractivity contribution in [2.45, 2.75) is 33.1 Å². The van der Waals surface area contributed by atoms with Crippen molar-refractivity contribution in [3.05, 3.63) is 35.4 Å².